The summed E-state index contributed by atoms with van der Waals surface area (Å²) in [7, 11) is 0. The molecule has 0 aliphatic heterocycles. The summed E-state index contributed by atoms with van der Waals surface area (Å²) in [6.07, 6.45) is 0.755. The summed E-state index contributed by atoms with van der Waals surface area (Å²) >= 11 is 0. The summed E-state index contributed by atoms with van der Waals surface area (Å²) in [5, 5.41) is 8.60. The zero-order chi connectivity index (χ0) is 12.1. The average Bonchev–Trinajstić information content (AvgIpc) is 2.38. The largest absolute Gasteiger partial charge is 0.481 e. The second-order valence-corrected chi connectivity index (χ2v) is 3.87. The molecule has 85 valence electrons. The molecule has 17 heavy (non-hydrogen) atoms. The Balaban J connectivity index is 2.11. The summed E-state index contributed by atoms with van der Waals surface area (Å²) < 4.78 is 0. The molecular weight excluding hydrogens is 212 g/mol. The van der Waals surface area contributed by atoms with Gasteiger partial charge in [0.25, 0.3) is 0 Å². The quantitative estimate of drug-likeness (QED) is 0.867. The Bertz CT molecular complexity index is 486. The molecule has 0 aromatic heterocycles. The van der Waals surface area contributed by atoms with Crippen LogP contribution in [0.2, 0.25) is 0 Å². The number of rotatable bonds is 4. The Morgan fingerprint density at radius 3 is 2.47 bits per heavy atom. The monoisotopic (exact) mass is 225 g/mol. The smallest absolute Gasteiger partial charge is 0.303 e. The SMILES string of the molecule is O=C(O)CCc1ccc(-c2[c]cccc2)cc1. The van der Waals surface area contributed by atoms with Crippen LogP contribution in [0.1, 0.15) is 12.0 Å². The first kappa shape index (κ1) is 11.4. The molecule has 2 nitrogen and oxygen atoms in total. The number of carbonyl (C=O) groups is 1. The molecule has 0 heterocycles. The molecule has 0 unspecified atom stereocenters. The average molecular weight is 225 g/mol. The predicted octanol–water partition coefficient (Wildman–Crippen LogP) is 3.17. The van der Waals surface area contributed by atoms with Gasteiger partial charge in [-0.3, -0.25) is 4.79 Å². The van der Waals surface area contributed by atoms with Crippen molar-refractivity contribution in [2.24, 2.45) is 0 Å². The lowest BCUT2D eigenvalue weighted by atomic mass is 10.0. The third-order valence-electron chi connectivity index (χ3n) is 2.60. The van der Waals surface area contributed by atoms with E-state index in [1.807, 2.05) is 48.5 Å². The molecule has 1 radical (unpaired) electrons. The van der Waals surface area contributed by atoms with Crippen LogP contribution in [0.15, 0.2) is 48.5 Å². The molecule has 1 N–H and O–H groups in total. The predicted molar refractivity (Wildman–Crippen MR) is 66.7 cm³/mol. The number of aliphatic carboxylic acids is 1. The minimum atomic E-state index is -0.759. The lowest BCUT2D eigenvalue weighted by molar-refractivity contribution is -0.136. The van der Waals surface area contributed by atoms with E-state index in [-0.39, 0.29) is 6.42 Å². The highest BCUT2D eigenvalue weighted by atomic mass is 16.4. The normalized spacial score (nSPS) is 10.1. The maximum atomic E-state index is 10.5. The van der Waals surface area contributed by atoms with Crippen LogP contribution in [0.5, 0.6) is 0 Å². The van der Waals surface area contributed by atoms with Gasteiger partial charge < -0.3 is 5.11 Å². The highest BCUT2D eigenvalue weighted by Crippen LogP contribution is 2.19. The number of carboxylic acids is 1. The summed E-state index contributed by atoms with van der Waals surface area (Å²) in [5.41, 5.74) is 3.20. The molecule has 0 spiro atoms. The number of hydrogen-bond donors (Lipinski definition) is 1. The number of hydrogen-bond acceptors (Lipinski definition) is 1. The standard InChI is InChI=1S/C15H13O2/c16-15(17)11-8-12-6-9-14(10-7-12)13-4-2-1-3-5-13/h1-4,6-7,9-10H,8,11H2,(H,16,17). The van der Waals surface area contributed by atoms with Gasteiger partial charge in [-0.05, 0) is 29.2 Å². The van der Waals surface area contributed by atoms with Gasteiger partial charge in [-0.15, -0.1) is 0 Å². The number of carboxylic acid groups (broad SMARTS) is 1. The molecule has 0 saturated heterocycles. The Labute approximate surface area is 101 Å². The van der Waals surface area contributed by atoms with Gasteiger partial charge in [0.05, 0.1) is 0 Å². The molecule has 0 amide bonds. The third-order valence-corrected chi connectivity index (χ3v) is 2.60. The van der Waals surface area contributed by atoms with Gasteiger partial charge in [0, 0.05) is 6.42 Å². The first-order chi connectivity index (χ1) is 8.25. The van der Waals surface area contributed by atoms with Crippen molar-refractivity contribution in [2.45, 2.75) is 12.8 Å². The molecule has 0 aliphatic carbocycles. The van der Waals surface area contributed by atoms with E-state index < -0.39 is 5.97 Å². The Hall–Kier alpha value is -2.09. The minimum absolute atomic E-state index is 0.177. The Morgan fingerprint density at radius 2 is 1.88 bits per heavy atom. The molecule has 2 aromatic rings. The Kier molecular flexibility index (Phi) is 3.55. The zero-order valence-electron chi connectivity index (χ0n) is 9.39. The van der Waals surface area contributed by atoms with E-state index in [0.717, 1.165) is 16.7 Å². The second-order valence-electron chi connectivity index (χ2n) is 3.87. The van der Waals surface area contributed by atoms with E-state index in [9.17, 15) is 4.79 Å². The van der Waals surface area contributed by atoms with E-state index in [2.05, 4.69) is 6.07 Å². The van der Waals surface area contributed by atoms with Crippen molar-refractivity contribution >= 4 is 5.97 Å². The van der Waals surface area contributed by atoms with Gasteiger partial charge in [-0.1, -0.05) is 48.5 Å². The van der Waals surface area contributed by atoms with Gasteiger partial charge in [0.2, 0.25) is 0 Å². The van der Waals surface area contributed by atoms with Crippen molar-refractivity contribution in [3.8, 4) is 11.1 Å². The Morgan fingerprint density at radius 1 is 1.12 bits per heavy atom. The maximum Gasteiger partial charge on any atom is 0.303 e. The van der Waals surface area contributed by atoms with Crippen LogP contribution in [-0.4, -0.2) is 11.1 Å². The van der Waals surface area contributed by atoms with E-state index in [4.69, 9.17) is 5.11 Å². The molecule has 0 fully saturated rings. The van der Waals surface area contributed by atoms with E-state index in [1.54, 1.807) is 0 Å². The minimum Gasteiger partial charge on any atom is -0.481 e. The molecular formula is C15H13O2. The van der Waals surface area contributed by atoms with Crippen molar-refractivity contribution in [1.29, 1.82) is 0 Å². The van der Waals surface area contributed by atoms with E-state index in [1.165, 1.54) is 0 Å². The fourth-order valence-electron chi connectivity index (χ4n) is 1.68. The molecule has 0 atom stereocenters. The fourth-order valence-corrected chi connectivity index (χ4v) is 1.68. The number of benzene rings is 2. The van der Waals surface area contributed by atoms with Crippen molar-refractivity contribution < 1.29 is 9.90 Å². The molecule has 0 bridgehead atoms. The van der Waals surface area contributed by atoms with E-state index >= 15 is 0 Å². The van der Waals surface area contributed by atoms with Crippen LogP contribution in [0, 0.1) is 6.07 Å². The van der Waals surface area contributed by atoms with Crippen LogP contribution in [0.4, 0.5) is 0 Å². The molecule has 0 saturated carbocycles. The maximum absolute atomic E-state index is 10.5. The molecule has 2 heteroatoms. The van der Waals surface area contributed by atoms with Crippen LogP contribution >= 0.6 is 0 Å². The van der Waals surface area contributed by atoms with Crippen LogP contribution in [0.25, 0.3) is 11.1 Å². The van der Waals surface area contributed by atoms with Crippen molar-refractivity contribution in [1.82, 2.24) is 0 Å². The topological polar surface area (TPSA) is 37.3 Å². The number of aryl methyl sites for hydroxylation is 1. The van der Waals surface area contributed by atoms with Gasteiger partial charge in [0.15, 0.2) is 0 Å². The van der Waals surface area contributed by atoms with Crippen molar-refractivity contribution in [2.75, 3.05) is 0 Å². The van der Waals surface area contributed by atoms with Gasteiger partial charge in [-0.25, -0.2) is 0 Å². The van der Waals surface area contributed by atoms with Gasteiger partial charge >= 0.3 is 5.97 Å². The first-order valence-corrected chi connectivity index (χ1v) is 5.53. The first-order valence-electron chi connectivity index (χ1n) is 5.53. The molecule has 0 aliphatic rings. The van der Waals surface area contributed by atoms with Crippen LogP contribution in [0.3, 0.4) is 0 Å². The zero-order valence-corrected chi connectivity index (χ0v) is 9.39. The summed E-state index contributed by atoms with van der Waals surface area (Å²) in [6, 6.07) is 18.9. The van der Waals surface area contributed by atoms with E-state index in [0.29, 0.717) is 6.42 Å². The fraction of sp³-hybridized carbons (Fsp3) is 0.133. The van der Waals surface area contributed by atoms with Crippen LogP contribution < -0.4 is 0 Å². The highest BCUT2D eigenvalue weighted by molar-refractivity contribution is 5.67. The summed E-state index contributed by atoms with van der Waals surface area (Å²) in [6.45, 7) is 0. The van der Waals surface area contributed by atoms with Gasteiger partial charge in [-0.2, -0.15) is 0 Å². The summed E-state index contributed by atoms with van der Waals surface area (Å²) in [4.78, 5) is 10.5. The lowest BCUT2D eigenvalue weighted by Gasteiger charge is -2.03. The van der Waals surface area contributed by atoms with Crippen molar-refractivity contribution in [3.05, 3.63) is 60.2 Å². The van der Waals surface area contributed by atoms with Crippen molar-refractivity contribution in [3.63, 3.8) is 0 Å². The highest BCUT2D eigenvalue weighted by Gasteiger charge is 2.00. The van der Waals surface area contributed by atoms with Gasteiger partial charge in [0.1, 0.15) is 0 Å². The van der Waals surface area contributed by atoms with Crippen LogP contribution in [-0.2, 0) is 11.2 Å². The molecule has 2 rings (SSSR count). The lowest BCUT2D eigenvalue weighted by Crippen LogP contribution is -1.97. The third kappa shape index (κ3) is 3.18. The second kappa shape index (κ2) is 5.30. The summed E-state index contributed by atoms with van der Waals surface area (Å²) in [5.74, 6) is -0.759. The molecule has 2 aromatic carbocycles.